The van der Waals surface area contributed by atoms with Crippen molar-refractivity contribution in [3.8, 4) is 0 Å². The molecule has 0 aromatic heterocycles. The van der Waals surface area contributed by atoms with Gasteiger partial charge in [0.15, 0.2) is 0 Å². The molecular formula is C9H12O. The Balaban J connectivity index is 3.80. The molecule has 0 atom stereocenters. The molecule has 0 aromatic rings. The van der Waals surface area contributed by atoms with E-state index in [1.165, 1.54) is 6.08 Å². The summed E-state index contributed by atoms with van der Waals surface area (Å²) >= 11 is 0. The zero-order valence-corrected chi connectivity index (χ0v) is 6.21. The van der Waals surface area contributed by atoms with Gasteiger partial charge in [0.25, 0.3) is 0 Å². The molecule has 0 amide bonds. The molecule has 0 unspecified atom stereocenters. The number of rotatable bonds is 4. The van der Waals surface area contributed by atoms with Crippen LogP contribution in [-0.4, -0.2) is 6.29 Å². The molecule has 0 radical (unpaired) electrons. The topological polar surface area (TPSA) is 17.1 Å². The Hall–Kier alpha value is -1.11. The Bertz CT molecular complexity index is 164. The first kappa shape index (κ1) is 8.89. The minimum Gasteiger partial charge on any atom is -0.299 e. The van der Waals surface area contributed by atoms with Crippen LogP contribution in [0.3, 0.4) is 0 Å². The molecule has 1 heteroatoms. The fraction of sp³-hybridized carbons (Fsp3) is 0.222. The van der Waals surface area contributed by atoms with Crippen molar-refractivity contribution in [3.63, 3.8) is 0 Å². The van der Waals surface area contributed by atoms with E-state index in [4.69, 9.17) is 0 Å². The second kappa shape index (κ2) is 6.02. The van der Waals surface area contributed by atoms with Crippen LogP contribution in [0, 0.1) is 0 Å². The number of hydrogen-bond donors (Lipinski definition) is 0. The molecular weight excluding hydrogens is 124 g/mol. The van der Waals surface area contributed by atoms with Crippen molar-refractivity contribution in [1.82, 2.24) is 0 Å². The summed E-state index contributed by atoms with van der Waals surface area (Å²) in [4.78, 5) is 9.85. The molecule has 0 aliphatic rings. The SMILES string of the molecule is C=CC/C=C(C)/C=C/C=O. The van der Waals surface area contributed by atoms with Crippen LogP contribution in [-0.2, 0) is 4.79 Å². The minimum absolute atomic E-state index is 0.769. The number of carbonyl (C=O) groups is 1. The lowest BCUT2D eigenvalue weighted by atomic mass is 10.2. The van der Waals surface area contributed by atoms with Crippen molar-refractivity contribution in [1.29, 1.82) is 0 Å². The Morgan fingerprint density at radius 2 is 2.30 bits per heavy atom. The fourth-order valence-electron chi connectivity index (χ4n) is 0.528. The summed E-state index contributed by atoms with van der Waals surface area (Å²) in [6.07, 6.45) is 8.71. The highest BCUT2D eigenvalue weighted by atomic mass is 16.1. The fourth-order valence-corrected chi connectivity index (χ4v) is 0.528. The second-order valence-corrected chi connectivity index (χ2v) is 1.97. The van der Waals surface area contributed by atoms with Crippen LogP contribution in [0.15, 0.2) is 36.5 Å². The predicted octanol–water partition coefficient (Wildman–Crippen LogP) is 2.26. The van der Waals surface area contributed by atoms with E-state index in [0.717, 1.165) is 18.3 Å². The molecule has 54 valence electrons. The van der Waals surface area contributed by atoms with Crippen LogP contribution in [0.1, 0.15) is 13.3 Å². The molecule has 0 saturated carbocycles. The minimum atomic E-state index is 0.769. The van der Waals surface area contributed by atoms with Crippen molar-refractivity contribution in [2.24, 2.45) is 0 Å². The van der Waals surface area contributed by atoms with Crippen molar-refractivity contribution in [2.75, 3.05) is 0 Å². The van der Waals surface area contributed by atoms with Gasteiger partial charge >= 0.3 is 0 Å². The van der Waals surface area contributed by atoms with Crippen molar-refractivity contribution < 1.29 is 4.79 Å². The molecule has 0 heterocycles. The van der Waals surface area contributed by atoms with E-state index in [1.807, 2.05) is 19.1 Å². The molecule has 0 spiro atoms. The average molecular weight is 136 g/mol. The predicted molar refractivity (Wildman–Crippen MR) is 43.8 cm³/mol. The molecule has 0 bridgehead atoms. The Morgan fingerprint density at radius 3 is 2.80 bits per heavy atom. The lowest BCUT2D eigenvalue weighted by Gasteiger charge is -1.86. The lowest BCUT2D eigenvalue weighted by molar-refractivity contribution is -0.104. The van der Waals surface area contributed by atoms with Gasteiger partial charge in [-0.15, -0.1) is 6.58 Å². The maximum absolute atomic E-state index is 9.85. The third-order valence-corrected chi connectivity index (χ3v) is 1.04. The highest BCUT2D eigenvalue weighted by Gasteiger charge is 1.77. The number of carbonyl (C=O) groups excluding carboxylic acids is 1. The van der Waals surface area contributed by atoms with Gasteiger partial charge in [0.2, 0.25) is 0 Å². The lowest BCUT2D eigenvalue weighted by Crippen LogP contribution is -1.68. The largest absolute Gasteiger partial charge is 0.299 e. The summed E-state index contributed by atoms with van der Waals surface area (Å²) in [5.74, 6) is 0. The summed E-state index contributed by atoms with van der Waals surface area (Å²) in [7, 11) is 0. The van der Waals surface area contributed by atoms with Gasteiger partial charge in [-0.2, -0.15) is 0 Å². The van der Waals surface area contributed by atoms with Crippen LogP contribution in [0.4, 0.5) is 0 Å². The number of allylic oxidation sites excluding steroid dienone is 5. The summed E-state index contributed by atoms with van der Waals surface area (Å²) in [5, 5.41) is 0. The molecule has 0 saturated heterocycles. The van der Waals surface area contributed by atoms with Gasteiger partial charge in [-0.3, -0.25) is 4.79 Å². The van der Waals surface area contributed by atoms with Gasteiger partial charge in [-0.1, -0.05) is 23.8 Å². The van der Waals surface area contributed by atoms with Gasteiger partial charge in [-0.25, -0.2) is 0 Å². The van der Waals surface area contributed by atoms with E-state index in [9.17, 15) is 4.79 Å². The normalized spacial score (nSPS) is 11.9. The average Bonchev–Trinajstić information content (AvgIpc) is 1.97. The molecule has 1 nitrogen and oxygen atoms in total. The molecule has 0 N–H and O–H groups in total. The summed E-state index contributed by atoms with van der Waals surface area (Å²) in [5.41, 5.74) is 1.09. The van der Waals surface area contributed by atoms with Crippen molar-refractivity contribution in [3.05, 3.63) is 36.5 Å². The van der Waals surface area contributed by atoms with E-state index < -0.39 is 0 Å². The summed E-state index contributed by atoms with van der Waals surface area (Å²) in [6, 6.07) is 0. The molecule has 0 aromatic carbocycles. The van der Waals surface area contributed by atoms with E-state index in [2.05, 4.69) is 6.58 Å². The molecule has 10 heavy (non-hydrogen) atoms. The third kappa shape index (κ3) is 5.04. The van der Waals surface area contributed by atoms with Gasteiger partial charge in [0.1, 0.15) is 6.29 Å². The maximum atomic E-state index is 9.85. The zero-order chi connectivity index (χ0) is 7.82. The summed E-state index contributed by atoms with van der Waals surface area (Å²) < 4.78 is 0. The first-order valence-electron chi connectivity index (χ1n) is 3.20. The van der Waals surface area contributed by atoms with Crippen molar-refractivity contribution in [2.45, 2.75) is 13.3 Å². The maximum Gasteiger partial charge on any atom is 0.142 e. The van der Waals surface area contributed by atoms with Crippen LogP contribution in [0.25, 0.3) is 0 Å². The Labute approximate surface area is 61.8 Å². The van der Waals surface area contributed by atoms with E-state index in [-0.39, 0.29) is 0 Å². The highest BCUT2D eigenvalue weighted by Crippen LogP contribution is 1.96. The second-order valence-electron chi connectivity index (χ2n) is 1.97. The van der Waals surface area contributed by atoms with Gasteiger partial charge in [0, 0.05) is 0 Å². The smallest absolute Gasteiger partial charge is 0.142 e. The Kier molecular flexibility index (Phi) is 5.35. The van der Waals surface area contributed by atoms with Crippen molar-refractivity contribution >= 4 is 6.29 Å². The Morgan fingerprint density at radius 1 is 1.60 bits per heavy atom. The number of hydrogen-bond acceptors (Lipinski definition) is 1. The van der Waals surface area contributed by atoms with E-state index >= 15 is 0 Å². The monoisotopic (exact) mass is 136 g/mol. The first-order chi connectivity index (χ1) is 4.81. The summed E-state index contributed by atoms with van der Waals surface area (Å²) in [6.45, 7) is 5.52. The quantitative estimate of drug-likeness (QED) is 0.251. The number of aldehydes is 1. The zero-order valence-electron chi connectivity index (χ0n) is 6.21. The van der Waals surface area contributed by atoms with Gasteiger partial charge in [-0.05, 0) is 19.4 Å². The first-order valence-corrected chi connectivity index (χ1v) is 3.20. The van der Waals surface area contributed by atoms with Crippen LogP contribution >= 0.6 is 0 Å². The molecule has 0 aliphatic heterocycles. The molecule has 0 aliphatic carbocycles. The van der Waals surface area contributed by atoms with E-state index in [1.54, 1.807) is 6.08 Å². The van der Waals surface area contributed by atoms with Gasteiger partial charge < -0.3 is 0 Å². The third-order valence-electron chi connectivity index (χ3n) is 1.04. The molecule has 0 rings (SSSR count). The van der Waals surface area contributed by atoms with Crippen LogP contribution in [0.5, 0.6) is 0 Å². The van der Waals surface area contributed by atoms with Crippen LogP contribution in [0.2, 0.25) is 0 Å². The molecule has 0 fully saturated rings. The van der Waals surface area contributed by atoms with E-state index in [0.29, 0.717) is 0 Å². The van der Waals surface area contributed by atoms with Gasteiger partial charge in [0.05, 0.1) is 0 Å². The highest BCUT2D eigenvalue weighted by molar-refractivity contribution is 5.65. The van der Waals surface area contributed by atoms with Crippen LogP contribution < -0.4 is 0 Å². The standard InChI is InChI=1S/C9H12O/c1-3-4-6-9(2)7-5-8-10/h3,5-8H,1,4H2,2H3/b7-5+,9-6+.